The van der Waals surface area contributed by atoms with E-state index in [1.165, 1.54) is 0 Å². The molecule has 6 nitrogen and oxygen atoms in total. The Morgan fingerprint density at radius 2 is 1.12 bits per heavy atom. The molecule has 0 aromatic carbocycles. The Hall–Kier alpha value is -0.240. The minimum Gasteiger partial charge on any atom is -0.369 e. The molecule has 1 aliphatic rings. The largest absolute Gasteiger partial charge is 0.369 e. The van der Waals surface area contributed by atoms with Gasteiger partial charge in [0.15, 0.2) is 0 Å². The van der Waals surface area contributed by atoms with Crippen molar-refractivity contribution in [3.05, 3.63) is 0 Å². The van der Waals surface area contributed by atoms with Crippen LogP contribution in [0.1, 0.15) is 54.4 Å². The van der Waals surface area contributed by atoms with Crippen molar-refractivity contribution in [3.63, 3.8) is 0 Å². The highest BCUT2D eigenvalue weighted by atomic mass is 16.5. The van der Waals surface area contributed by atoms with E-state index < -0.39 is 0 Å². The average Bonchev–Trinajstić information content (AvgIpc) is 2.51. The van der Waals surface area contributed by atoms with Crippen molar-refractivity contribution in [3.8, 4) is 0 Å². The highest BCUT2D eigenvalue weighted by molar-refractivity contribution is 4.87. The van der Waals surface area contributed by atoms with Crippen LogP contribution in [0, 0.1) is 0 Å². The van der Waals surface area contributed by atoms with Gasteiger partial charge in [0.2, 0.25) is 0 Å². The molecular weight excluding hydrogens is 328 g/mol. The lowest BCUT2D eigenvalue weighted by Gasteiger charge is -2.39. The van der Waals surface area contributed by atoms with Gasteiger partial charge in [0.25, 0.3) is 0 Å². The molecule has 0 amide bonds. The number of methoxy groups -OCH3 is 2. The molecule has 0 bridgehead atoms. The highest BCUT2D eigenvalue weighted by Gasteiger charge is 2.28. The molecule has 6 heteroatoms. The number of nitrogens with zero attached hydrogens (tertiary/aromatic N) is 2. The third-order valence-corrected chi connectivity index (χ3v) is 5.45. The molecule has 1 saturated heterocycles. The van der Waals surface area contributed by atoms with Crippen LogP contribution in [0.15, 0.2) is 0 Å². The Balaban J connectivity index is 2.88. The van der Waals surface area contributed by atoms with E-state index in [0.717, 1.165) is 39.0 Å². The van der Waals surface area contributed by atoms with Crippen LogP contribution in [0.2, 0.25) is 0 Å². The molecule has 1 fully saturated rings. The maximum atomic E-state index is 5.46. The van der Waals surface area contributed by atoms with Gasteiger partial charge >= 0.3 is 0 Å². The standard InChI is InChI=1S/C20H44N4O2/c1-17-13-19(3,4)21-10-12-24(16-26-8)18(2)14-20(5,6)22-9-11-23(17)15-25-7/h17-18,21-22H,9-16H2,1-8H3/t17-,18+. The fourth-order valence-electron chi connectivity index (χ4n) is 4.11. The SMILES string of the molecule is COCN1CCNC(C)(C)C[C@H](C)N(COC)CCNC(C)(C)C[C@H]1C. The van der Waals surface area contributed by atoms with Crippen molar-refractivity contribution >= 4 is 0 Å². The van der Waals surface area contributed by atoms with Gasteiger partial charge < -0.3 is 20.1 Å². The van der Waals surface area contributed by atoms with Gasteiger partial charge in [0, 0.05) is 63.6 Å². The lowest BCUT2D eigenvalue weighted by Crippen LogP contribution is -2.53. The van der Waals surface area contributed by atoms with E-state index in [-0.39, 0.29) is 11.1 Å². The van der Waals surface area contributed by atoms with Crippen molar-refractivity contribution in [2.75, 3.05) is 53.9 Å². The van der Waals surface area contributed by atoms with Gasteiger partial charge in [0.1, 0.15) is 0 Å². The van der Waals surface area contributed by atoms with Gasteiger partial charge in [-0.15, -0.1) is 0 Å². The first kappa shape index (κ1) is 23.8. The number of nitrogens with one attached hydrogen (secondary N) is 2. The molecule has 0 saturated carbocycles. The fraction of sp³-hybridized carbons (Fsp3) is 1.00. The van der Waals surface area contributed by atoms with Gasteiger partial charge in [-0.1, -0.05) is 0 Å². The predicted molar refractivity (Wildman–Crippen MR) is 109 cm³/mol. The van der Waals surface area contributed by atoms with E-state index >= 15 is 0 Å². The molecule has 2 N–H and O–H groups in total. The summed E-state index contributed by atoms with van der Waals surface area (Å²) >= 11 is 0. The van der Waals surface area contributed by atoms with E-state index in [4.69, 9.17) is 9.47 Å². The molecule has 0 aromatic heterocycles. The smallest absolute Gasteiger partial charge is 0.0989 e. The average molecular weight is 373 g/mol. The molecule has 1 heterocycles. The molecule has 26 heavy (non-hydrogen) atoms. The molecule has 0 unspecified atom stereocenters. The minimum atomic E-state index is 0.0875. The number of hydrogen-bond acceptors (Lipinski definition) is 6. The second kappa shape index (κ2) is 10.9. The van der Waals surface area contributed by atoms with Crippen LogP contribution in [0.3, 0.4) is 0 Å². The Morgan fingerprint density at radius 3 is 1.42 bits per heavy atom. The summed E-state index contributed by atoms with van der Waals surface area (Å²) in [6.45, 7) is 19.1. The van der Waals surface area contributed by atoms with Gasteiger partial charge in [-0.2, -0.15) is 0 Å². The van der Waals surface area contributed by atoms with Crippen LogP contribution in [0.4, 0.5) is 0 Å². The van der Waals surface area contributed by atoms with Crippen molar-refractivity contribution < 1.29 is 9.47 Å². The third-order valence-electron chi connectivity index (χ3n) is 5.45. The summed E-state index contributed by atoms with van der Waals surface area (Å²) in [5, 5.41) is 7.51. The summed E-state index contributed by atoms with van der Waals surface area (Å²) in [5.74, 6) is 0. The summed E-state index contributed by atoms with van der Waals surface area (Å²) in [5.41, 5.74) is 0.175. The fourth-order valence-corrected chi connectivity index (χ4v) is 4.11. The molecule has 0 aliphatic carbocycles. The van der Waals surface area contributed by atoms with Crippen molar-refractivity contribution in [2.45, 2.75) is 77.5 Å². The normalized spacial score (nSPS) is 30.0. The van der Waals surface area contributed by atoms with Crippen LogP contribution in [-0.2, 0) is 9.47 Å². The second-order valence-corrected chi connectivity index (χ2v) is 9.19. The zero-order valence-electron chi connectivity index (χ0n) is 18.5. The number of rotatable bonds is 4. The number of hydrogen-bond donors (Lipinski definition) is 2. The molecule has 156 valence electrons. The van der Waals surface area contributed by atoms with Crippen LogP contribution in [0.25, 0.3) is 0 Å². The third kappa shape index (κ3) is 8.63. The van der Waals surface area contributed by atoms with Gasteiger partial charge in [-0.3, -0.25) is 9.80 Å². The van der Waals surface area contributed by atoms with Gasteiger partial charge in [0.05, 0.1) is 13.5 Å². The molecular formula is C20H44N4O2. The summed E-state index contributed by atoms with van der Waals surface area (Å²) in [7, 11) is 3.57. The molecule has 1 aliphatic heterocycles. The minimum absolute atomic E-state index is 0.0875. The van der Waals surface area contributed by atoms with E-state index in [1.807, 2.05) is 0 Å². The summed E-state index contributed by atoms with van der Waals surface area (Å²) in [6, 6.07) is 0.915. The van der Waals surface area contributed by atoms with Crippen LogP contribution < -0.4 is 10.6 Å². The topological polar surface area (TPSA) is 49.0 Å². The molecule has 0 aromatic rings. The first-order valence-corrected chi connectivity index (χ1v) is 10.1. The lowest BCUT2D eigenvalue weighted by atomic mass is 9.93. The first-order valence-electron chi connectivity index (χ1n) is 10.1. The summed E-state index contributed by atoms with van der Waals surface area (Å²) in [4.78, 5) is 4.86. The van der Waals surface area contributed by atoms with Crippen molar-refractivity contribution in [2.24, 2.45) is 0 Å². The van der Waals surface area contributed by atoms with E-state index in [1.54, 1.807) is 14.2 Å². The predicted octanol–water partition coefficient (Wildman–Crippen LogP) is 2.11. The van der Waals surface area contributed by atoms with Crippen LogP contribution in [-0.4, -0.2) is 86.8 Å². The number of ether oxygens (including phenoxy) is 2. The maximum Gasteiger partial charge on any atom is 0.0989 e. The van der Waals surface area contributed by atoms with Crippen LogP contribution in [0.5, 0.6) is 0 Å². The highest BCUT2D eigenvalue weighted by Crippen LogP contribution is 2.19. The van der Waals surface area contributed by atoms with E-state index in [0.29, 0.717) is 25.5 Å². The van der Waals surface area contributed by atoms with E-state index in [9.17, 15) is 0 Å². The molecule has 2 atom stereocenters. The van der Waals surface area contributed by atoms with Gasteiger partial charge in [-0.05, 0) is 54.4 Å². The maximum absolute atomic E-state index is 5.46. The first-order chi connectivity index (χ1) is 12.1. The summed E-state index contributed by atoms with van der Waals surface area (Å²) in [6.07, 6.45) is 2.17. The van der Waals surface area contributed by atoms with Crippen LogP contribution >= 0.6 is 0 Å². The zero-order valence-corrected chi connectivity index (χ0v) is 18.5. The second-order valence-electron chi connectivity index (χ2n) is 9.19. The zero-order chi connectivity index (χ0) is 19.8. The molecule has 0 radical (unpaired) electrons. The molecule has 0 spiro atoms. The Kier molecular flexibility index (Phi) is 10.0. The van der Waals surface area contributed by atoms with Crippen molar-refractivity contribution in [1.29, 1.82) is 0 Å². The van der Waals surface area contributed by atoms with Gasteiger partial charge in [-0.25, -0.2) is 0 Å². The lowest BCUT2D eigenvalue weighted by molar-refractivity contribution is 0.0167. The monoisotopic (exact) mass is 372 g/mol. The Bertz CT molecular complexity index is 354. The van der Waals surface area contributed by atoms with E-state index in [2.05, 4.69) is 62.0 Å². The molecule has 1 rings (SSSR count). The summed E-state index contributed by atoms with van der Waals surface area (Å²) < 4.78 is 10.9. The Morgan fingerprint density at radius 1 is 0.769 bits per heavy atom. The Labute approximate surface area is 162 Å². The van der Waals surface area contributed by atoms with Crippen molar-refractivity contribution in [1.82, 2.24) is 20.4 Å². The quantitative estimate of drug-likeness (QED) is 0.788.